The largest absolute Gasteiger partial charge is 0.494 e. The van der Waals surface area contributed by atoms with Gasteiger partial charge in [0.25, 0.3) is 0 Å². The molecule has 1 aromatic rings. The highest BCUT2D eigenvalue weighted by Gasteiger charge is 2.15. The molecule has 0 aromatic heterocycles. The molecule has 17 heavy (non-hydrogen) atoms. The van der Waals surface area contributed by atoms with E-state index in [0.29, 0.717) is 12.7 Å². The van der Waals surface area contributed by atoms with E-state index in [1.54, 1.807) is 0 Å². The third-order valence-corrected chi connectivity index (χ3v) is 3.06. The van der Waals surface area contributed by atoms with Crippen molar-refractivity contribution in [3.05, 3.63) is 29.8 Å². The Bertz CT molecular complexity index is 317. The molecule has 1 fully saturated rings. The Morgan fingerprint density at radius 2 is 1.88 bits per heavy atom. The first-order valence-corrected chi connectivity index (χ1v) is 6.48. The lowest BCUT2D eigenvalue weighted by Gasteiger charge is -2.11. The fourth-order valence-corrected chi connectivity index (χ4v) is 2.12. The van der Waals surface area contributed by atoms with E-state index in [1.807, 2.05) is 19.1 Å². The second-order valence-corrected chi connectivity index (χ2v) is 4.42. The first-order chi connectivity index (χ1) is 8.38. The Kier molecular flexibility index (Phi) is 4.83. The molecule has 0 bridgehead atoms. The molecule has 0 radical (unpaired) electrons. The maximum absolute atomic E-state index is 5.60. The average Bonchev–Trinajstić information content (AvgIpc) is 2.85. The van der Waals surface area contributed by atoms with Crippen LogP contribution in [0.25, 0.3) is 0 Å². The van der Waals surface area contributed by atoms with Crippen LogP contribution in [-0.2, 0) is 11.4 Å². The summed E-state index contributed by atoms with van der Waals surface area (Å²) in [5, 5.41) is 0. The van der Waals surface area contributed by atoms with Crippen LogP contribution in [0.4, 0.5) is 0 Å². The zero-order chi connectivity index (χ0) is 11.9. The fourth-order valence-electron chi connectivity index (χ4n) is 2.12. The van der Waals surface area contributed by atoms with Crippen molar-refractivity contribution in [3.8, 4) is 5.75 Å². The Labute approximate surface area is 103 Å². The lowest BCUT2D eigenvalue weighted by molar-refractivity contribution is -0.0244. The van der Waals surface area contributed by atoms with E-state index in [-0.39, 0.29) is 0 Å². The number of benzene rings is 1. The van der Waals surface area contributed by atoms with E-state index in [0.717, 1.165) is 12.3 Å². The monoisotopic (exact) mass is 235 g/mol. The van der Waals surface area contributed by atoms with Gasteiger partial charge in [0.05, 0.1) is 12.7 Å². The molecule has 0 aliphatic heterocycles. The highest BCUT2D eigenvalue weighted by atomic mass is 16.7. The summed E-state index contributed by atoms with van der Waals surface area (Å²) in [6, 6.07) is 8.12. The molecule has 1 aliphatic rings. The number of hydrogen-bond donors (Lipinski definition) is 1. The van der Waals surface area contributed by atoms with Crippen molar-refractivity contribution in [1.29, 1.82) is 0 Å². The number of nitrogens with one attached hydrogen (secondary N) is 1. The van der Waals surface area contributed by atoms with E-state index in [2.05, 4.69) is 17.6 Å². The van der Waals surface area contributed by atoms with Gasteiger partial charge in [0.2, 0.25) is 0 Å². The van der Waals surface area contributed by atoms with Crippen molar-refractivity contribution in [2.45, 2.75) is 45.3 Å². The summed E-state index contributed by atoms with van der Waals surface area (Å²) in [7, 11) is 0. The van der Waals surface area contributed by atoms with Crippen LogP contribution in [0.5, 0.6) is 5.75 Å². The molecule has 0 spiro atoms. The van der Waals surface area contributed by atoms with Gasteiger partial charge in [0.1, 0.15) is 5.75 Å². The van der Waals surface area contributed by atoms with Crippen molar-refractivity contribution < 1.29 is 9.57 Å². The lowest BCUT2D eigenvalue weighted by atomic mass is 10.2. The second kappa shape index (κ2) is 6.62. The van der Waals surface area contributed by atoms with Gasteiger partial charge in [0.15, 0.2) is 0 Å². The first kappa shape index (κ1) is 12.4. The quantitative estimate of drug-likeness (QED) is 0.769. The third kappa shape index (κ3) is 4.02. The number of ether oxygens (including phenoxy) is 1. The minimum absolute atomic E-state index is 0.415. The Balaban J connectivity index is 1.70. The Morgan fingerprint density at radius 1 is 1.18 bits per heavy atom. The van der Waals surface area contributed by atoms with Gasteiger partial charge in [-0.25, -0.2) is 0 Å². The molecular weight excluding hydrogens is 214 g/mol. The summed E-state index contributed by atoms with van der Waals surface area (Å²) in [6.07, 6.45) is 5.40. The Hall–Kier alpha value is -1.06. The molecule has 1 aliphatic carbocycles. The summed E-state index contributed by atoms with van der Waals surface area (Å²) in [4.78, 5) is 5.60. The van der Waals surface area contributed by atoms with Crippen molar-refractivity contribution in [2.24, 2.45) is 0 Å². The van der Waals surface area contributed by atoms with Gasteiger partial charge in [-0.15, -0.1) is 0 Å². The predicted octanol–water partition coefficient (Wildman–Crippen LogP) is 3.05. The highest BCUT2D eigenvalue weighted by molar-refractivity contribution is 5.27. The number of rotatable bonds is 6. The average molecular weight is 235 g/mol. The molecule has 94 valence electrons. The molecule has 1 N–H and O–H groups in total. The third-order valence-electron chi connectivity index (χ3n) is 3.06. The standard InChI is InChI=1S/C14H21NO2/c1-2-16-13-9-7-12(8-10-13)11-15-17-14-5-3-4-6-14/h7-10,14-15H,2-6,11H2,1H3. The molecule has 3 heteroatoms. The van der Waals surface area contributed by atoms with Crippen molar-refractivity contribution >= 4 is 0 Å². The van der Waals surface area contributed by atoms with Crippen LogP contribution >= 0.6 is 0 Å². The minimum Gasteiger partial charge on any atom is -0.494 e. The summed E-state index contributed by atoms with van der Waals surface area (Å²) in [5.41, 5.74) is 4.27. The molecular formula is C14H21NO2. The normalized spacial score (nSPS) is 16.3. The van der Waals surface area contributed by atoms with Crippen LogP contribution in [0, 0.1) is 0 Å². The zero-order valence-electron chi connectivity index (χ0n) is 10.4. The molecule has 1 aromatic carbocycles. The van der Waals surface area contributed by atoms with Crippen LogP contribution in [0.15, 0.2) is 24.3 Å². The number of hydroxylamine groups is 1. The van der Waals surface area contributed by atoms with Gasteiger partial charge in [-0.2, -0.15) is 5.48 Å². The van der Waals surface area contributed by atoms with Crippen LogP contribution in [-0.4, -0.2) is 12.7 Å². The zero-order valence-corrected chi connectivity index (χ0v) is 10.4. The van der Waals surface area contributed by atoms with Gasteiger partial charge >= 0.3 is 0 Å². The van der Waals surface area contributed by atoms with Crippen LogP contribution < -0.4 is 10.2 Å². The van der Waals surface area contributed by atoms with Gasteiger partial charge in [-0.3, -0.25) is 4.84 Å². The van der Waals surface area contributed by atoms with Gasteiger partial charge < -0.3 is 4.74 Å². The summed E-state index contributed by atoms with van der Waals surface area (Å²) in [5.74, 6) is 0.924. The maximum atomic E-state index is 5.60. The lowest BCUT2D eigenvalue weighted by Crippen LogP contribution is -2.21. The first-order valence-electron chi connectivity index (χ1n) is 6.48. The predicted molar refractivity (Wildman–Crippen MR) is 67.8 cm³/mol. The second-order valence-electron chi connectivity index (χ2n) is 4.42. The van der Waals surface area contributed by atoms with Gasteiger partial charge in [-0.05, 0) is 37.5 Å². The minimum atomic E-state index is 0.415. The molecule has 0 heterocycles. The van der Waals surface area contributed by atoms with Gasteiger partial charge in [0, 0.05) is 6.54 Å². The molecule has 0 unspecified atom stereocenters. The van der Waals surface area contributed by atoms with Crippen molar-refractivity contribution in [3.63, 3.8) is 0 Å². The van der Waals surface area contributed by atoms with E-state index >= 15 is 0 Å². The van der Waals surface area contributed by atoms with E-state index in [1.165, 1.54) is 31.2 Å². The van der Waals surface area contributed by atoms with Gasteiger partial charge in [-0.1, -0.05) is 25.0 Å². The highest BCUT2D eigenvalue weighted by Crippen LogP contribution is 2.20. The Morgan fingerprint density at radius 3 is 2.53 bits per heavy atom. The fraction of sp³-hybridized carbons (Fsp3) is 0.571. The van der Waals surface area contributed by atoms with E-state index in [4.69, 9.17) is 9.57 Å². The van der Waals surface area contributed by atoms with Crippen LogP contribution in [0.2, 0.25) is 0 Å². The van der Waals surface area contributed by atoms with Crippen molar-refractivity contribution in [2.75, 3.05) is 6.61 Å². The topological polar surface area (TPSA) is 30.5 Å². The maximum Gasteiger partial charge on any atom is 0.119 e. The summed E-state index contributed by atoms with van der Waals surface area (Å²) in [6.45, 7) is 3.45. The molecule has 3 nitrogen and oxygen atoms in total. The SMILES string of the molecule is CCOc1ccc(CNOC2CCCC2)cc1. The van der Waals surface area contributed by atoms with E-state index < -0.39 is 0 Å². The molecule has 0 saturated heterocycles. The molecule has 2 rings (SSSR count). The van der Waals surface area contributed by atoms with Crippen LogP contribution in [0.1, 0.15) is 38.2 Å². The molecule has 0 atom stereocenters. The summed E-state index contributed by atoms with van der Waals surface area (Å²) < 4.78 is 5.39. The van der Waals surface area contributed by atoms with E-state index in [9.17, 15) is 0 Å². The summed E-state index contributed by atoms with van der Waals surface area (Å²) >= 11 is 0. The smallest absolute Gasteiger partial charge is 0.119 e. The molecule has 1 saturated carbocycles. The number of hydrogen-bond acceptors (Lipinski definition) is 3. The molecule has 0 amide bonds. The van der Waals surface area contributed by atoms with Crippen molar-refractivity contribution in [1.82, 2.24) is 5.48 Å². The van der Waals surface area contributed by atoms with Crippen LogP contribution in [0.3, 0.4) is 0 Å².